The monoisotopic (exact) mass is 506 g/mol. The number of allylic oxidation sites excluding steroid dienone is 1. The molecule has 32 heavy (non-hydrogen) atoms. The van der Waals surface area contributed by atoms with E-state index in [9.17, 15) is 9.90 Å². The third-order valence-corrected chi connectivity index (χ3v) is 11.4. The Morgan fingerprint density at radius 1 is 1.16 bits per heavy atom. The van der Waals surface area contributed by atoms with E-state index in [2.05, 4.69) is 56.6 Å². The van der Waals surface area contributed by atoms with Crippen LogP contribution in [0.4, 0.5) is 0 Å². The van der Waals surface area contributed by atoms with Crippen LogP contribution in [0.5, 0.6) is 0 Å². The number of Topliss-reactive ketones (excluding diaryl/α,β-unsaturated/α-hetero) is 1. The van der Waals surface area contributed by atoms with Gasteiger partial charge in [0, 0.05) is 5.92 Å². The lowest BCUT2D eigenvalue weighted by Gasteiger charge is -2.58. The molecule has 0 spiro atoms. The highest BCUT2D eigenvalue weighted by Crippen LogP contribution is 2.68. The molecule has 4 aliphatic rings. The quantitative estimate of drug-likeness (QED) is 0.285. The number of rotatable bonds is 7. The van der Waals surface area contributed by atoms with Gasteiger partial charge < -0.3 is 5.11 Å². The molecule has 0 bridgehead atoms. The van der Waals surface area contributed by atoms with Crippen LogP contribution in [0, 0.1) is 52.3 Å². The molecular weight excluding hydrogens is 460 g/mol. The first-order valence-corrected chi connectivity index (χ1v) is 14.7. The van der Waals surface area contributed by atoms with E-state index in [1.807, 2.05) is 0 Å². The first-order chi connectivity index (χ1) is 15.1. The van der Waals surface area contributed by atoms with E-state index in [4.69, 9.17) is 0 Å². The van der Waals surface area contributed by atoms with Gasteiger partial charge in [0.15, 0.2) is 0 Å². The van der Waals surface area contributed by atoms with Crippen LogP contribution in [-0.4, -0.2) is 22.3 Å². The van der Waals surface area contributed by atoms with Crippen molar-refractivity contribution in [1.82, 2.24) is 0 Å². The summed E-state index contributed by atoms with van der Waals surface area (Å²) in [7, 11) is 0. The van der Waals surface area contributed by atoms with Gasteiger partial charge >= 0.3 is 0 Å². The van der Waals surface area contributed by atoms with Crippen molar-refractivity contribution in [1.29, 1.82) is 0 Å². The minimum absolute atomic E-state index is 0.136. The van der Waals surface area contributed by atoms with Gasteiger partial charge in [0.05, 0.1) is 11.4 Å². The largest absolute Gasteiger partial charge is 0.393 e. The fourth-order valence-electron chi connectivity index (χ4n) is 9.23. The fraction of sp³-hybridized carbons (Fsp3) is 0.897. The van der Waals surface area contributed by atoms with Gasteiger partial charge in [0.25, 0.3) is 0 Å². The van der Waals surface area contributed by atoms with Crippen LogP contribution in [0.2, 0.25) is 0 Å². The molecule has 0 heterocycles. The van der Waals surface area contributed by atoms with Gasteiger partial charge in [0.2, 0.25) is 0 Å². The van der Waals surface area contributed by atoms with Crippen LogP contribution in [0.15, 0.2) is 11.6 Å². The molecule has 1 unspecified atom stereocenters. The molecule has 9 atom stereocenters. The maximum Gasteiger partial charge on any atom is 0.146 e. The molecule has 182 valence electrons. The number of aliphatic hydroxyl groups excluding tert-OH is 1. The summed E-state index contributed by atoms with van der Waals surface area (Å²) in [6, 6.07) is 0. The second kappa shape index (κ2) is 9.48. The predicted molar refractivity (Wildman–Crippen MR) is 137 cm³/mol. The molecule has 0 aromatic carbocycles. The highest BCUT2D eigenvalue weighted by atomic mass is 79.9. The summed E-state index contributed by atoms with van der Waals surface area (Å²) < 4.78 is 0. The average Bonchev–Trinajstić information content (AvgIpc) is 3.06. The number of ketones is 1. The highest BCUT2D eigenvalue weighted by Gasteiger charge is 2.62. The van der Waals surface area contributed by atoms with E-state index < -0.39 is 0 Å². The highest BCUT2D eigenvalue weighted by molar-refractivity contribution is 9.09. The summed E-state index contributed by atoms with van der Waals surface area (Å²) in [5, 5.41) is 10.8. The normalized spacial score (nSPS) is 44.4. The zero-order valence-electron chi connectivity index (χ0n) is 21.2. The van der Waals surface area contributed by atoms with E-state index in [-0.39, 0.29) is 17.4 Å². The van der Waals surface area contributed by atoms with Gasteiger partial charge in [-0.15, -0.1) is 0 Å². The maximum atomic E-state index is 13.2. The molecule has 0 aromatic rings. The van der Waals surface area contributed by atoms with Crippen LogP contribution in [0.3, 0.4) is 0 Å². The Kier molecular flexibility index (Phi) is 7.39. The van der Waals surface area contributed by atoms with E-state index in [0.717, 1.165) is 43.4 Å². The second-order valence-electron chi connectivity index (χ2n) is 13.0. The van der Waals surface area contributed by atoms with Gasteiger partial charge in [-0.25, -0.2) is 0 Å². The number of alkyl halides is 1. The second-order valence-corrected chi connectivity index (χ2v) is 13.5. The standard InChI is InChI=1S/C29H47BrO2/c1-18(2)7-6-8-19(3)27-23(26(32)17-30)16-25-22-10-9-20-15-21(31)11-13-28(20,4)24(22)12-14-29(25,27)5/h9,18-19,21-25,27,31H,6-8,10-17H2,1-5H3/t19-,21+,22-,23?,24+,25+,27+,28+,29+/m1/s1. The molecule has 3 heteroatoms. The molecule has 0 saturated heterocycles. The number of hydrogen-bond acceptors (Lipinski definition) is 2. The zero-order valence-corrected chi connectivity index (χ0v) is 22.8. The summed E-state index contributed by atoms with van der Waals surface area (Å²) in [4.78, 5) is 13.2. The van der Waals surface area contributed by atoms with Gasteiger partial charge in [-0.3, -0.25) is 4.79 Å². The van der Waals surface area contributed by atoms with Gasteiger partial charge in [-0.2, -0.15) is 0 Å². The lowest BCUT2D eigenvalue weighted by molar-refractivity contribution is -0.123. The molecule has 4 aliphatic carbocycles. The average molecular weight is 508 g/mol. The predicted octanol–water partition coefficient (Wildman–Crippen LogP) is 7.58. The summed E-state index contributed by atoms with van der Waals surface area (Å²) in [5.74, 6) is 4.76. The van der Waals surface area contributed by atoms with Crippen LogP contribution in [0.25, 0.3) is 0 Å². The molecule has 0 radical (unpaired) electrons. The first-order valence-electron chi connectivity index (χ1n) is 13.6. The minimum atomic E-state index is -0.136. The Hall–Kier alpha value is -0.150. The third kappa shape index (κ3) is 4.21. The minimum Gasteiger partial charge on any atom is -0.393 e. The Bertz CT molecular complexity index is 729. The number of aliphatic hydroxyl groups is 1. The van der Waals surface area contributed by atoms with E-state index >= 15 is 0 Å². The van der Waals surface area contributed by atoms with E-state index in [1.165, 1.54) is 38.5 Å². The van der Waals surface area contributed by atoms with Crippen molar-refractivity contribution in [2.45, 2.75) is 105 Å². The van der Waals surface area contributed by atoms with Crippen molar-refractivity contribution in [3.8, 4) is 0 Å². The van der Waals surface area contributed by atoms with Gasteiger partial charge in [0.1, 0.15) is 5.78 Å². The summed E-state index contributed by atoms with van der Waals surface area (Å²) in [5.41, 5.74) is 2.13. The summed E-state index contributed by atoms with van der Waals surface area (Å²) in [6.07, 6.45) is 14.1. The summed E-state index contributed by atoms with van der Waals surface area (Å²) in [6.45, 7) is 12.2. The van der Waals surface area contributed by atoms with Crippen LogP contribution in [0.1, 0.15) is 98.8 Å². The van der Waals surface area contributed by atoms with Crippen molar-refractivity contribution < 1.29 is 9.90 Å². The third-order valence-electron chi connectivity index (χ3n) is 10.8. The molecule has 0 amide bonds. The smallest absolute Gasteiger partial charge is 0.146 e. The Balaban J connectivity index is 1.61. The Morgan fingerprint density at radius 3 is 2.59 bits per heavy atom. The van der Waals surface area contributed by atoms with Gasteiger partial charge in [-0.05, 0) is 91.3 Å². The van der Waals surface area contributed by atoms with E-state index in [1.54, 1.807) is 5.57 Å². The molecule has 3 fully saturated rings. The van der Waals surface area contributed by atoms with Crippen LogP contribution >= 0.6 is 15.9 Å². The van der Waals surface area contributed by atoms with Crippen LogP contribution in [-0.2, 0) is 4.79 Å². The van der Waals surface area contributed by atoms with Crippen LogP contribution < -0.4 is 0 Å². The topological polar surface area (TPSA) is 37.3 Å². The molecule has 1 N–H and O–H groups in total. The Labute approximate surface area is 205 Å². The van der Waals surface area contributed by atoms with Gasteiger partial charge in [-0.1, -0.05) is 81.5 Å². The van der Waals surface area contributed by atoms with E-state index in [0.29, 0.717) is 34.3 Å². The number of halogens is 1. The van der Waals surface area contributed by atoms with Crippen molar-refractivity contribution in [3.05, 3.63) is 11.6 Å². The molecular formula is C29H47BrO2. The number of fused-ring (bicyclic) bond motifs is 5. The Morgan fingerprint density at radius 2 is 1.91 bits per heavy atom. The molecule has 0 aliphatic heterocycles. The SMILES string of the molecule is CC(C)CCC[C@@H](C)[C@H]1C(C(=O)CBr)C[C@H]2[C@@H]3CC=C4C[C@@H](O)CC[C@]4(C)[C@H]3CC[C@]12C. The number of hydrogen-bond donors (Lipinski definition) is 1. The molecule has 4 rings (SSSR count). The lowest BCUT2D eigenvalue weighted by Crippen LogP contribution is -2.51. The summed E-state index contributed by atoms with van der Waals surface area (Å²) >= 11 is 3.54. The number of carbonyl (C=O) groups is 1. The molecule has 0 aromatic heterocycles. The van der Waals surface area contributed by atoms with Crippen molar-refractivity contribution >= 4 is 21.7 Å². The van der Waals surface area contributed by atoms with Crippen molar-refractivity contribution in [2.75, 3.05) is 5.33 Å². The maximum absolute atomic E-state index is 13.2. The molecule has 3 saturated carbocycles. The first kappa shape index (κ1) is 25.0. The molecule has 2 nitrogen and oxygen atoms in total. The fourth-order valence-corrected chi connectivity index (χ4v) is 9.65. The van der Waals surface area contributed by atoms with Crippen molar-refractivity contribution in [3.63, 3.8) is 0 Å². The lowest BCUT2D eigenvalue weighted by atomic mass is 9.47. The number of carbonyl (C=O) groups excluding carboxylic acids is 1. The zero-order chi connectivity index (χ0) is 23.3. The van der Waals surface area contributed by atoms with Crippen molar-refractivity contribution in [2.24, 2.45) is 52.3 Å².